The second kappa shape index (κ2) is 5.11. The first-order valence-corrected chi connectivity index (χ1v) is 6.15. The Kier molecular flexibility index (Phi) is 4.07. The van der Waals surface area contributed by atoms with E-state index in [2.05, 4.69) is 10.1 Å². The van der Waals surface area contributed by atoms with Crippen molar-refractivity contribution in [2.45, 2.75) is 18.2 Å². The van der Waals surface area contributed by atoms with E-state index in [0.29, 0.717) is 12.2 Å². The fourth-order valence-corrected chi connectivity index (χ4v) is 2.18. The summed E-state index contributed by atoms with van der Waals surface area (Å²) in [5.41, 5.74) is 3.10. The van der Waals surface area contributed by atoms with E-state index in [9.17, 15) is 8.42 Å². The first-order chi connectivity index (χ1) is 7.10. The molecular formula is C9H15N3O2S. The summed E-state index contributed by atoms with van der Waals surface area (Å²) in [4.78, 5) is 0.245. The molecule has 15 heavy (non-hydrogen) atoms. The maximum atomic E-state index is 11.6. The Balaban J connectivity index is 2.86. The minimum atomic E-state index is -3.37. The number of anilines is 1. The lowest BCUT2D eigenvalue weighted by molar-refractivity contribution is 0.581. The SMILES string of the molecule is CCCNS(=O)(=O)c1ccc(NN)cc1. The second-order valence-electron chi connectivity index (χ2n) is 3.07. The van der Waals surface area contributed by atoms with Gasteiger partial charge >= 0.3 is 0 Å². The molecule has 1 aromatic rings. The standard InChI is InChI=1S/C9H15N3O2S/c1-2-7-11-15(13,14)9-5-3-8(12-10)4-6-9/h3-6,11-12H,2,7,10H2,1H3. The van der Waals surface area contributed by atoms with Gasteiger partial charge in [0.2, 0.25) is 10.0 Å². The number of nitrogens with one attached hydrogen (secondary N) is 2. The molecule has 0 radical (unpaired) electrons. The van der Waals surface area contributed by atoms with Crippen molar-refractivity contribution >= 4 is 15.7 Å². The molecule has 0 aliphatic carbocycles. The van der Waals surface area contributed by atoms with Crippen LogP contribution in [0.15, 0.2) is 29.2 Å². The van der Waals surface area contributed by atoms with Crippen LogP contribution in [0.3, 0.4) is 0 Å². The van der Waals surface area contributed by atoms with Gasteiger partial charge in [-0.15, -0.1) is 0 Å². The van der Waals surface area contributed by atoms with Crippen LogP contribution >= 0.6 is 0 Å². The highest BCUT2D eigenvalue weighted by atomic mass is 32.2. The Labute approximate surface area is 89.7 Å². The summed E-state index contributed by atoms with van der Waals surface area (Å²) < 4.78 is 25.7. The van der Waals surface area contributed by atoms with Gasteiger partial charge in [0.05, 0.1) is 4.90 Å². The van der Waals surface area contributed by atoms with Crippen molar-refractivity contribution in [3.05, 3.63) is 24.3 Å². The van der Waals surface area contributed by atoms with E-state index in [0.717, 1.165) is 6.42 Å². The summed E-state index contributed by atoms with van der Waals surface area (Å²) in [5.74, 6) is 5.17. The fraction of sp³-hybridized carbons (Fsp3) is 0.333. The van der Waals surface area contributed by atoms with Crippen LogP contribution in [-0.2, 0) is 10.0 Å². The maximum Gasteiger partial charge on any atom is 0.240 e. The van der Waals surface area contributed by atoms with Gasteiger partial charge in [-0.25, -0.2) is 13.1 Å². The maximum absolute atomic E-state index is 11.6. The normalized spacial score (nSPS) is 11.3. The van der Waals surface area contributed by atoms with Crippen LogP contribution in [-0.4, -0.2) is 15.0 Å². The molecule has 1 rings (SSSR count). The van der Waals surface area contributed by atoms with E-state index in [-0.39, 0.29) is 4.90 Å². The number of rotatable bonds is 5. The van der Waals surface area contributed by atoms with Gasteiger partial charge in [0.1, 0.15) is 0 Å². The predicted molar refractivity (Wildman–Crippen MR) is 59.7 cm³/mol. The van der Waals surface area contributed by atoms with Gasteiger partial charge in [0, 0.05) is 12.2 Å². The van der Waals surface area contributed by atoms with Crippen LogP contribution in [0.25, 0.3) is 0 Å². The van der Waals surface area contributed by atoms with E-state index in [1.165, 1.54) is 12.1 Å². The lowest BCUT2D eigenvalue weighted by atomic mass is 10.3. The lowest BCUT2D eigenvalue weighted by Gasteiger charge is -2.06. The van der Waals surface area contributed by atoms with Crippen molar-refractivity contribution in [2.24, 2.45) is 5.84 Å². The second-order valence-corrected chi connectivity index (χ2v) is 4.83. The van der Waals surface area contributed by atoms with Gasteiger partial charge in [-0.05, 0) is 30.7 Å². The quantitative estimate of drug-likeness (QED) is 0.511. The molecule has 0 saturated carbocycles. The molecule has 0 atom stereocenters. The minimum absolute atomic E-state index is 0.245. The molecule has 84 valence electrons. The largest absolute Gasteiger partial charge is 0.324 e. The smallest absolute Gasteiger partial charge is 0.240 e. The molecule has 0 heterocycles. The van der Waals surface area contributed by atoms with Crippen molar-refractivity contribution in [3.63, 3.8) is 0 Å². The highest BCUT2D eigenvalue weighted by Gasteiger charge is 2.11. The molecule has 0 unspecified atom stereocenters. The summed E-state index contributed by atoms with van der Waals surface area (Å²) in [6, 6.07) is 6.24. The van der Waals surface area contributed by atoms with E-state index in [1.54, 1.807) is 12.1 Å². The van der Waals surface area contributed by atoms with Gasteiger partial charge < -0.3 is 5.43 Å². The summed E-state index contributed by atoms with van der Waals surface area (Å²) in [6.45, 7) is 2.35. The average molecular weight is 229 g/mol. The van der Waals surface area contributed by atoms with Crippen LogP contribution < -0.4 is 16.0 Å². The highest BCUT2D eigenvalue weighted by molar-refractivity contribution is 7.89. The zero-order valence-corrected chi connectivity index (χ0v) is 9.34. The Morgan fingerprint density at radius 1 is 1.27 bits per heavy atom. The van der Waals surface area contributed by atoms with Crippen LogP contribution in [0.1, 0.15) is 13.3 Å². The van der Waals surface area contributed by atoms with Crippen LogP contribution in [0.4, 0.5) is 5.69 Å². The molecule has 6 heteroatoms. The van der Waals surface area contributed by atoms with E-state index in [1.807, 2.05) is 6.92 Å². The van der Waals surface area contributed by atoms with Crippen LogP contribution in [0.2, 0.25) is 0 Å². The zero-order valence-electron chi connectivity index (χ0n) is 8.53. The minimum Gasteiger partial charge on any atom is -0.324 e. The predicted octanol–water partition coefficient (Wildman–Crippen LogP) is 0.660. The lowest BCUT2D eigenvalue weighted by Crippen LogP contribution is -2.24. The molecule has 0 fully saturated rings. The number of hydrazine groups is 1. The molecule has 0 spiro atoms. The zero-order chi connectivity index (χ0) is 11.3. The molecule has 0 saturated heterocycles. The number of nitrogens with two attached hydrogens (primary N) is 1. The van der Waals surface area contributed by atoms with Crippen molar-refractivity contribution in [2.75, 3.05) is 12.0 Å². The molecule has 5 nitrogen and oxygen atoms in total. The van der Waals surface area contributed by atoms with Crippen molar-refractivity contribution in [1.82, 2.24) is 4.72 Å². The molecule has 0 aliphatic heterocycles. The molecule has 1 aromatic carbocycles. The molecule has 0 amide bonds. The number of benzene rings is 1. The van der Waals surface area contributed by atoms with E-state index in [4.69, 9.17) is 5.84 Å². The number of hydrogen-bond donors (Lipinski definition) is 3. The fourth-order valence-electron chi connectivity index (χ4n) is 1.05. The van der Waals surface area contributed by atoms with Gasteiger partial charge in [0.25, 0.3) is 0 Å². The third kappa shape index (κ3) is 3.19. The number of nitrogen functional groups attached to an aromatic ring is 1. The summed E-state index contributed by atoms with van der Waals surface area (Å²) >= 11 is 0. The van der Waals surface area contributed by atoms with Gasteiger partial charge in [0.15, 0.2) is 0 Å². The van der Waals surface area contributed by atoms with E-state index < -0.39 is 10.0 Å². The number of sulfonamides is 1. The molecule has 0 aliphatic rings. The molecule has 0 aromatic heterocycles. The Morgan fingerprint density at radius 2 is 1.87 bits per heavy atom. The Hall–Kier alpha value is -1.11. The summed E-state index contributed by atoms with van der Waals surface area (Å²) in [6.07, 6.45) is 0.766. The topological polar surface area (TPSA) is 84.2 Å². The molecule has 0 bridgehead atoms. The number of hydrogen-bond acceptors (Lipinski definition) is 4. The Morgan fingerprint density at radius 3 is 2.33 bits per heavy atom. The molecular weight excluding hydrogens is 214 g/mol. The van der Waals surface area contributed by atoms with Gasteiger partial charge in [-0.2, -0.15) is 0 Å². The van der Waals surface area contributed by atoms with Crippen LogP contribution in [0, 0.1) is 0 Å². The van der Waals surface area contributed by atoms with Crippen molar-refractivity contribution < 1.29 is 8.42 Å². The first kappa shape index (κ1) is 12.0. The van der Waals surface area contributed by atoms with Gasteiger partial charge in [-0.3, -0.25) is 5.84 Å². The van der Waals surface area contributed by atoms with Crippen LogP contribution in [0.5, 0.6) is 0 Å². The highest BCUT2D eigenvalue weighted by Crippen LogP contribution is 2.12. The van der Waals surface area contributed by atoms with Gasteiger partial charge in [-0.1, -0.05) is 6.92 Å². The van der Waals surface area contributed by atoms with Crippen molar-refractivity contribution in [1.29, 1.82) is 0 Å². The average Bonchev–Trinajstić information content (AvgIpc) is 2.26. The van der Waals surface area contributed by atoms with E-state index >= 15 is 0 Å². The Bertz CT molecular complexity index is 400. The third-order valence-corrected chi connectivity index (χ3v) is 3.35. The third-order valence-electron chi connectivity index (χ3n) is 1.87. The molecule has 4 N–H and O–H groups in total. The van der Waals surface area contributed by atoms with Crippen molar-refractivity contribution in [3.8, 4) is 0 Å². The summed E-state index contributed by atoms with van der Waals surface area (Å²) in [7, 11) is -3.37. The monoisotopic (exact) mass is 229 g/mol. The summed E-state index contributed by atoms with van der Waals surface area (Å²) in [5, 5.41) is 0. The first-order valence-electron chi connectivity index (χ1n) is 4.66.